The van der Waals surface area contributed by atoms with Crippen LogP contribution >= 0.6 is 0 Å². The lowest BCUT2D eigenvalue weighted by atomic mass is 10.1. The Labute approximate surface area is 127 Å². The Bertz CT molecular complexity index is 562. The second-order valence-corrected chi connectivity index (χ2v) is 5.51. The number of carbonyl (C=O) groups is 2. The van der Waals surface area contributed by atoms with Crippen molar-refractivity contribution in [1.82, 2.24) is 9.80 Å². The lowest BCUT2D eigenvalue weighted by Crippen LogP contribution is -2.59. The van der Waals surface area contributed by atoms with Gasteiger partial charge in [-0.2, -0.15) is 0 Å². The molecule has 5 nitrogen and oxygen atoms in total. The molecule has 1 N–H and O–H groups in total. The van der Waals surface area contributed by atoms with Gasteiger partial charge in [0.15, 0.2) is 0 Å². The number of carboxylic acid groups (broad SMARTS) is 1. The molecule has 0 bridgehead atoms. The summed E-state index contributed by atoms with van der Waals surface area (Å²) in [4.78, 5) is 26.5. The molecular weight excluding hydrogens is 294 g/mol. The van der Waals surface area contributed by atoms with E-state index in [1.54, 1.807) is 18.7 Å². The first kappa shape index (κ1) is 16.2. The van der Waals surface area contributed by atoms with E-state index in [4.69, 9.17) is 5.11 Å². The highest BCUT2D eigenvalue weighted by Crippen LogP contribution is 2.21. The zero-order chi connectivity index (χ0) is 16.4. The quantitative estimate of drug-likeness (QED) is 0.913. The molecule has 1 aliphatic heterocycles. The van der Waals surface area contributed by atoms with Gasteiger partial charge < -0.3 is 14.9 Å². The van der Waals surface area contributed by atoms with E-state index in [1.807, 2.05) is 0 Å². The van der Waals surface area contributed by atoms with Gasteiger partial charge in [0.2, 0.25) is 0 Å². The Kier molecular flexibility index (Phi) is 4.63. The standard InChI is InChI=1S/C15H18F2N2O3/c1-9-8-19(15(21)22)10(2)7-18(9)14(20)12-5-3-11(4-6-12)13(16)17/h3-6,9-10,13H,7-8H2,1-2H3,(H,21,22)/t9-,10+/m1/s1. The average molecular weight is 312 g/mol. The maximum Gasteiger partial charge on any atom is 0.407 e. The van der Waals surface area contributed by atoms with Crippen LogP contribution in [0.5, 0.6) is 0 Å². The van der Waals surface area contributed by atoms with Gasteiger partial charge in [-0.1, -0.05) is 12.1 Å². The van der Waals surface area contributed by atoms with Crippen molar-refractivity contribution in [2.75, 3.05) is 13.1 Å². The van der Waals surface area contributed by atoms with Crippen LogP contribution in [-0.2, 0) is 0 Å². The van der Waals surface area contributed by atoms with Crippen molar-refractivity contribution in [2.24, 2.45) is 0 Å². The summed E-state index contributed by atoms with van der Waals surface area (Å²) in [6.07, 6.45) is -3.57. The summed E-state index contributed by atoms with van der Waals surface area (Å²) in [6.45, 7) is 4.02. The maximum absolute atomic E-state index is 12.5. The third-order valence-electron chi connectivity index (χ3n) is 3.90. The van der Waals surface area contributed by atoms with Crippen LogP contribution in [-0.4, -0.2) is 52.1 Å². The predicted octanol–water partition coefficient (Wildman–Crippen LogP) is 2.84. The Balaban J connectivity index is 2.14. The van der Waals surface area contributed by atoms with Gasteiger partial charge in [0.05, 0.1) is 0 Å². The first-order chi connectivity index (χ1) is 10.3. The molecule has 0 saturated carbocycles. The second-order valence-electron chi connectivity index (χ2n) is 5.51. The SMILES string of the molecule is C[C@@H]1CN(C(=O)O)[C@@H](C)CN1C(=O)c1ccc(C(F)F)cc1. The third-order valence-corrected chi connectivity index (χ3v) is 3.90. The summed E-state index contributed by atoms with van der Waals surface area (Å²) in [5, 5.41) is 9.10. The van der Waals surface area contributed by atoms with Crippen molar-refractivity contribution in [1.29, 1.82) is 0 Å². The highest BCUT2D eigenvalue weighted by Gasteiger charge is 2.34. The highest BCUT2D eigenvalue weighted by atomic mass is 19.3. The molecule has 1 fully saturated rings. The number of carbonyl (C=O) groups excluding carboxylic acids is 1. The lowest BCUT2D eigenvalue weighted by molar-refractivity contribution is 0.0329. The van der Waals surface area contributed by atoms with E-state index in [0.717, 1.165) is 0 Å². The Morgan fingerprint density at radius 3 is 2.09 bits per heavy atom. The molecule has 0 radical (unpaired) electrons. The number of nitrogens with zero attached hydrogens (tertiary/aromatic N) is 2. The fraction of sp³-hybridized carbons (Fsp3) is 0.467. The monoisotopic (exact) mass is 312 g/mol. The molecule has 2 amide bonds. The first-order valence-corrected chi connectivity index (χ1v) is 7.00. The molecule has 0 aliphatic carbocycles. The topological polar surface area (TPSA) is 60.9 Å². The van der Waals surface area contributed by atoms with Gasteiger partial charge in [-0.25, -0.2) is 13.6 Å². The minimum absolute atomic E-state index is 0.131. The van der Waals surface area contributed by atoms with E-state index >= 15 is 0 Å². The largest absolute Gasteiger partial charge is 0.465 e. The first-order valence-electron chi connectivity index (χ1n) is 7.00. The van der Waals surface area contributed by atoms with Gasteiger partial charge in [0.1, 0.15) is 0 Å². The molecule has 1 aromatic carbocycles. The zero-order valence-electron chi connectivity index (χ0n) is 12.4. The number of piperazine rings is 1. The van der Waals surface area contributed by atoms with Gasteiger partial charge in [-0.15, -0.1) is 0 Å². The third kappa shape index (κ3) is 3.18. The van der Waals surface area contributed by atoms with Crippen molar-refractivity contribution >= 4 is 12.0 Å². The van der Waals surface area contributed by atoms with Crippen LogP contribution in [0.15, 0.2) is 24.3 Å². The van der Waals surface area contributed by atoms with Crippen molar-refractivity contribution in [2.45, 2.75) is 32.4 Å². The number of hydrogen-bond donors (Lipinski definition) is 1. The normalized spacial score (nSPS) is 22.0. The van der Waals surface area contributed by atoms with Crippen molar-refractivity contribution < 1.29 is 23.5 Å². The molecule has 0 aromatic heterocycles. The minimum atomic E-state index is -2.57. The number of halogens is 2. The van der Waals surface area contributed by atoms with Crippen molar-refractivity contribution in [3.63, 3.8) is 0 Å². The summed E-state index contributed by atoms with van der Waals surface area (Å²) >= 11 is 0. The minimum Gasteiger partial charge on any atom is -0.465 e. The fourth-order valence-electron chi connectivity index (χ4n) is 2.61. The van der Waals surface area contributed by atoms with Crippen LogP contribution in [0.1, 0.15) is 36.2 Å². The van der Waals surface area contributed by atoms with Crippen LogP contribution in [0.4, 0.5) is 13.6 Å². The number of alkyl halides is 2. The van der Waals surface area contributed by atoms with Gasteiger partial charge in [-0.3, -0.25) is 4.79 Å². The summed E-state index contributed by atoms with van der Waals surface area (Å²) in [5.41, 5.74) is 0.195. The molecule has 7 heteroatoms. The molecule has 120 valence electrons. The smallest absolute Gasteiger partial charge is 0.407 e. The van der Waals surface area contributed by atoms with E-state index in [1.165, 1.54) is 29.2 Å². The van der Waals surface area contributed by atoms with Gasteiger partial charge in [0.25, 0.3) is 12.3 Å². The van der Waals surface area contributed by atoms with E-state index in [0.29, 0.717) is 5.56 Å². The molecule has 1 heterocycles. The highest BCUT2D eigenvalue weighted by molar-refractivity contribution is 5.94. The summed E-state index contributed by atoms with van der Waals surface area (Å²) < 4.78 is 25.1. The molecule has 1 aromatic rings. The van der Waals surface area contributed by atoms with Crippen LogP contribution in [0.3, 0.4) is 0 Å². The second kappa shape index (κ2) is 6.29. The summed E-state index contributed by atoms with van der Waals surface area (Å²) in [7, 11) is 0. The molecule has 22 heavy (non-hydrogen) atoms. The molecule has 1 saturated heterocycles. The van der Waals surface area contributed by atoms with E-state index in [2.05, 4.69) is 0 Å². The number of rotatable bonds is 2. The Morgan fingerprint density at radius 2 is 1.59 bits per heavy atom. The lowest BCUT2D eigenvalue weighted by Gasteiger charge is -2.42. The van der Waals surface area contributed by atoms with Crippen LogP contribution in [0.25, 0.3) is 0 Å². The van der Waals surface area contributed by atoms with Gasteiger partial charge in [-0.05, 0) is 26.0 Å². The number of hydrogen-bond acceptors (Lipinski definition) is 2. The summed E-state index contributed by atoms with van der Waals surface area (Å²) in [6, 6.07) is 4.65. The van der Waals surface area contributed by atoms with Gasteiger partial charge in [0, 0.05) is 36.3 Å². The fourth-order valence-corrected chi connectivity index (χ4v) is 2.61. The van der Waals surface area contributed by atoms with Gasteiger partial charge >= 0.3 is 6.09 Å². The molecule has 2 rings (SSSR count). The zero-order valence-corrected chi connectivity index (χ0v) is 12.4. The van der Waals surface area contributed by atoms with Crippen LogP contribution < -0.4 is 0 Å². The molecule has 2 atom stereocenters. The Hall–Kier alpha value is -2.18. The van der Waals surface area contributed by atoms with Crippen molar-refractivity contribution in [3.8, 4) is 0 Å². The number of amides is 2. The van der Waals surface area contributed by atoms with Crippen molar-refractivity contribution in [3.05, 3.63) is 35.4 Å². The maximum atomic E-state index is 12.5. The number of benzene rings is 1. The molecule has 0 unspecified atom stereocenters. The molecular formula is C15H18F2N2O3. The van der Waals surface area contributed by atoms with E-state index < -0.39 is 12.5 Å². The van der Waals surface area contributed by atoms with E-state index in [-0.39, 0.29) is 36.6 Å². The molecule has 0 spiro atoms. The van der Waals surface area contributed by atoms with Crippen LogP contribution in [0.2, 0.25) is 0 Å². The van der Waals surface area contributed by atoms with Crippen LogP contribution in [0, 0.1) is 0 Å². The average Bonchev–Trinajstić information content (AvgIpc) is 2.48. The predicted molar refractivity (Wildman–Crippen MR) is 76.1 cm³/mol. The summed E-state index contributed by atoms with van der Waals surface area (Å²) in [5.74, 6) is -0.273. The molecule has 1 aliphatic rings. The Morgan fingerprint density at radius 1 is 1.09 bits per heavy atom. The van der Waals surface area contributed by atoms with E-state index in [9.17, 15) is 18.4 Å².